The lowest BCUT2D eigenvalue weighted by molar-refractivity contribution is 0.289. The van der Waals surface area contributed by atoms with Gasteiger partial charge in [0.1, 0.15) is 5.75 Å². The van der Waals surface area contributed by atoms with Gasteiger partial charge in [0.05, 0.1) is 24.9 Å². The Morgan fingerprint density at radius 2 is 2.41 bits per heavy atom. The van der Waals surface area contributed by atoms with Gasteiger partial charge >= 0.3 is 0 Å². The number of aromatic nitrogens is 2. The Bertz CT molecular complexity index is 545. The zero-order chi connectivity index (χ0) is 11.8. The van der Waals surface area contributed by atoms with Crippen molar-refractivity contribution < 1.29 is 4.74 Å². The Balaban J connectivity index is 2.17. The lowest BCUT2D eigenvalue weighted by Gasteiger charge is -2.19. The molecule has 0 spiro atoms. The average Bonchev–Trinajstić information content (AvgIpc) is 2.72. The number of benzene rings is 1. The van der Waals surface area contributed by atoms with Crippen molar-refractivity contribution in [3.05, 3.63) is 23.9 Å². The first kappa shape index (κ1) is 10.6. The normalized spacial score (nSPS) is 16.6. The molecule has 1 aromatic carbocycles. The van der Waals surface area contributed by atoms with Crippen LogP contribution in [0.2, 0.25) is 0 Å². The molecule has 90 valence electrons. The number of fused-ring (bicyclic) bond motifs is 3. The summed E-state index contributed by atoms with van der Waals surface area (Å²) in [6.07, 6.45) is 4.05. The van der Waals surface area contributed by atoms with Gasteiger partial charge in [-0.15, -0.1) is 0 Å². The molecule has 1 aliphatic rings. The standard InChI is InChI=1S/C13H17N3O/c1-9(14)8-16-13-10(7-15-16)4-5-12-11(13)3-2-6-17-12/h4-5,7,9H,2-3,6,8,14H2,1H3. The largest absolute Gasteiger partial charge is 0.493 e. The first-order valence-corrected chi connectivity index (χ1v) is 6.11. The van der Waals surface area contributed by atoms with Gasteiger partial charge in [0.2, 0.25) is 0 Å². The highest BCUT2D eigenvalue weighted by atomic mass is 16.5. The minimum Gasteiger partial charge on any atom is -0.493 e. The van der Waals surface area contributed by atoms with Crippen LogP contribution in [-0.2, 0) is 13.0 Å². The Kier molecular flexibility index (Phi) is 2.52. The van der Waals surface area contributed by atoms with Crippen LogP contribution in [0.5, 0.6) is 5.75 Å². The van der Waals surface area contributed by atoms with Gasteiger partial charge in [0.15, 0.2) is 0 Å². The maximum Gasteiger partial charge on any atom is 0.124 e. The minimum atomic E-state index is 0.110. The van der Waals surface area contributed by atoms with E-state index >= 15 is 0 Å². The fourth-order valence-corrected chi connectivity index (χ4v) is 2.45. The highest BCUT2D eigenvalue weighted by Gasteiger charge is 2.17. The van der Waals surface area contributed by atoms with Crippen LogP contribution in [0.1, 0.15) is 18.9 Å². The van der Waals surface area contributed by atoms with Crippen LogP contribution in [-0.4, -0.2) is 22.4 Å². The SMILES string of the molecule is CC(N)Cn1ncc2ccc3c(c21)CCCO3. The van der Waals surface area contributed by atoms with Gasteiger partial charge in [0, 0.05) is 17.0 Å². The number of hydrogen-bond donors (Lipinski definition) is 1. The third-order valence-electron chi connectivity index (χ3n) is 3.15. The third kappa shape index (κ3) is 1.78. The van der Waals surface area contributed by atoms with Crippen molar-refractivity contribution >= 4 is 10.9 Å². The second-order valence-corrected chi connectivity index (χ2v) is 4.74. The molecule has 0 saturated heterocycles. The van der Waals surface area contributed by atoms with E-state index in [4.69, 9.17) is 10.5 Å². The maximum atomic E-state index is 5.86. The molecular weight excluding hydrogens is 214 g/mol. The molecule has 0 bridgehead atoms. The van der Waals surface area contributed by atoms with Crippen LogP contribution in [0, 0.1) is 0 Å². The Hall–Kier alpha value is -1.55. The van der Waals surface area contributed by atoms with Crippen molar-refractivity contribution in [2.45, 2.75) is 32.4 Å². The maximum absolute atomic E-state index is 5.86. The summed E-state index contributed by atoms with van der Waals surface area (Å²) in [7, 11) is 0. The van der Waals surface area contributed by atoms with Crippen LogP contribution >= 0.6 is 0 Å². The lowest BCUT2D eigenvalue weighted by Crippen LogP contribution is -2.23. The summed E-state index contributed by atoms with van der Waals surface area (Å²) < 4.78 is 7.70. The summed E-state index contributed by atoms with van der Waals surface area (Å²) in [5, 5.41) is 5.60. The first-order chi connectivity index (χ1) is 8.25. The fourth-order valence-electron chi connectivity index (χ4n) is 2.45. The molecule has 0 amide bonds. The third-order valence-corrected chi connectivity index (χ3v) is 3.15. The zero-order valence-corrected chi connectivity index (χ0v) is 10.0. The van der Waals surface area contributed by atoms with Crippen LogP contribution in [0.25, 0.3) is 10.9 Å². The molecule has 2 N–H and O–H groups in total. The van der Waals surface area contributed by atoms with E-state index in [0.717, 1.165) is 31.7 Å². The van der Waals surface area contributed by atoms with Gasteiger partial charge in [-0.2, -0.15) is 5.10 Å². The molecule has 1 aromatic heterocycles. The predicted molar refractivity (Wildman–Crippen MR) is 67.2 cm³/mol. The van der Waals surface area contributed by atoms with Gasteiger partial charge in [-0.25, -0.2) is 0 Å². The molecule has 0 saturated carbocycles. The molecule has 2 heterocycles. The highest BCUT2D eigenvalue weighted by Crippen LogP contribution is 2.31. The summed E-state index contributed by atoms with van der Waals surface area (Å²) >= 11 is 0. The summed E-state index contributed by atoms with van der Waals surface area (Å²) in [6, 6.07) is 4.23. The Morgan fingerprint density at radius 1 is 1.53 bits per heavy atom. The topological polar surface area (TPSA) is 53.1 Å². The van der Waals surface area contributed by atoms with E-state index < -0.39 is 0 Å². The van der Waals surface area contributed by atoms with E-state index in [-0.39, 0.29) is 6.04 Å². The van der Waals surface area contributed by atoms with Crippen molar-refractivity contribution in [2.75, 3.05) is 6.61 Å². The number of ether oxygens (including phenoxy) is 1. The molecule has 1 atom stereocenters. The average molecular weight is 231 g/mol. The van der Waals surface area contributed by atoms with E-state index in [1.165, 1.54) is 16.5 Å². The molecule has 4 heteroatoms. The van der Waals surface area contributed by atoms with Crippen molar-refractivity contribution in [3.8, 4) is 5.75 Å². The van der Waals surface area contributed by atoms with E-state index in [2.05, 4.69) is 17.2 Å². The molecule has 0 aliphatic carbocycles. The molecule has 1 aliphatic heterocycles. The second kappa shape index (κ2) is 4.04. The number of rotatable bonds is 2. The molecular formula is C13H17N3O. The van der Waals surface area contributed by atoms with Gasteiger partial charge in [0.25, 0.3) is 0 Å². The van der Waals surface area contributed by atoms with Crippen molar-refractivity contribution in [1.82, 2.24) is 9.78 Å². The van der Waals surface area contributed by atoms with Crippen molar-refractivity contribution in [2.24, 2.45) is 5.73 Å². The van der Waals surface area contributed by atoms with Crippen LogP contribution < -0.4 is 10.5 Å². The van der Waals surface area contributed by atoms with Crippen molar-refractivity contribution in [1.29, 1.82) is 0 Å². The summed E-state index contributed by atoms with van der Waals surface area (Å²) in [5.41, 5.74) is 8.34. The fraction of sp³-hybridized carbons (Fsp3) is 0.462. The molecule has 1 unspecified atom stereocenters. The quantitative estimate of drug-likeness (QED) is 0.856. The Labute approximate surface area is 100 Å². The summed E-state index contributed by atoms with van der Waals surface area (Å²) in [4.78, 5) is 0. The molecule has 3 rings (SSSR count). The molecule has 2 aromatic rings. The predicted octanol–water partition coefficient (Wildman–Crippen LogP) is 1.71. The zero-order valence-electron chi connectivity index (χ0n) is 10.0. The van der Waals surface area contributed by atoms with Crippen molar-refractivity contribution in [3.63, 3.8) is 0 Å². The van der Waals surface area contributed by atoms with Gasteiger partial charge in [-0.05, 0) is 31.9 Å². The highest BCUT2D eigenvalue weighted by molar-refractivity contribution is 5.84. The minimum absolute atomic E-state index is 0.110. The van der Waals surface area contributed by atoms with E-state index in [1.807, 2.05) is 17.8 Å². The number of nitrogens with zero attached hydrogens (tertiary/aromatic N) is 2. The summed E-state index contributed by atoms with van der Waals surface area (Å²) in [6.45, 7) is 3.57. The first-order valence-electron chi connectivity index (χ1n) is 6.11. The second-order valence-electron chi connectivity index (χ2n) is 4.74. The molecule has 0 radical (unpaired) electrons. The lowest BCUT2D eigenvalue weighted by atomic mass is 10.0. The molecule has 17 heavy (non-hydrogen) atoms. The van der Waals surface area contributed by atoms with Crippen LogP contribution in [0.15, 0.2) is 18.3 Å². The molecule has 0 fully saturated rings. The van der Waals surface area contributed by atoms with Gasteiger partial charge < -0.3 is 10.5 Å². The Morgan fingerprint density at radius 3 is 3.24 bits per heavy atom. The van der Waals surface area contributed by atoms with Gasteiger partial charge in [-0.3, -0.25) is 4.68 Å². The number of hydrogen-bond acceptors (Lipinski definition) is 3. The van der Waals surface area contributed by atoms with E-state index in [9.17, 15) is 0 Å². The van der Waals surface area contributed by atoms with Crippen LogP contribution in [0.4, 0.5) is 0 Å². The monoisotopic (exact) mass is 231 g/mol. The van der Waals surface area contributed by atoms with Gasteiger partial charge in [-0.1, -0.05) is 0 Å². The van der Waals surface area contributed by atoms with E-state index in [1.54, 1.807) is 0 Å². The number of nitrogens with two attached hydrogens (primary N) is 1. The smallest absolute Gasteiger partial charge is 0.124 e. The number of aryl methyl sites for hydroxylation is 1. The summed E-state index contributed by atoms with van der Waals surface area (Å²) in [5.74, 6) is 1.01. The molecule has 4 nitrogen and oxygen atoms in total. The van der Waals surface area contributed by atoms with Crippen LogP contribution in [0.3, 0.4) is 0 Å². The van der Waals surface area contributed by atoms with E-state index in [0.29, 0.717) is 0 Å².